The molecule has 0 fully saturated rings. The second-order valence-electron chi connectivity index (χ2n) is 7.41. The van der Waals surface area contributed by atoms with Crippen LogP contribution in [0.4, 0.5) is 18.9 Å². The molecule has 0 saturated carbocycles. The highest BCUT2D eigenvalue weighted by molar-refractivity contribution is 7.92. The zero-order chi connectivity index (χ0) is 25.5. The van der Waals surface area contributed by atoms with E-state index in [1.165, 1.54) is 30.3 Å². The third kappa shape index (κ3) is 7.45. The largest absolute Gasteiger partial charge is 0.416 e. The minimum Gasteiger partial charge on any atom is -0.367 e. The van der Waals surface area contributed by atoms with E-state index in [-0.39, 0.29) is 36.9 Å². The van der Waals surface area contributed by atoms with Crippen molar-refractivity contribution >= 4 is 33.2 Å². The Balaban J connectivity index is 1.72. The maximum absolute atomic E-state index is 13.3. The summed E-state index contributed by atoms with van der Waals surface area (Å²) < 4.78 is 72.4. The van der Waals surface area contributed by atoms with Gasteiger partial charge in [0, 0.05) is 11.6 Å². The molecule has 3 aromatic rings. The zero-order valence-electron chi connectivity index (χ0n) is 18.3. The van der Waals surface area contributed by atoms with Gasteiger partial charge in [-0.1, -0.05) is 48.0 Å². The van der Waals surface area contributed by atoms with E-state index in [0.717, 1.165) is 28.1 Å². The van der Waals surface area contributed by atoms with Gasteiger partial charge in [-0.2, -0.15) is 13.2 Å². The summed E-state index contributed by atoms with van der Waals surface area (Å²) in [5.74, 6) is -0.492. The lowest BCUT2D eigenvalue weighted by Gasteiger charge is -2.25. The van der Waals surface area contributed by atoms with Gasteiger partial charge in [0.05, 0.1) is 29.3 Å². The van der Waals surface area contributed by atoms with Gasteiger partial charge in [0.2, 0.25) is 5.91 Å². The molecule has 0 aliphatic heterocycles. The summed E-state index contributed by atoms with van der Waals surface area (Å²) in [5.41, 5.74) is -0.306. The first-order valence-electron chi connectivity index (χ1n) is 10.4. The van der Waals surface area contributed by atoms with Crippen LogP contribution in [0.3, 0.4) is 0 Å². The Labute approximate surface area is 206 Å². The van der Waals surface area contributed by atoms with Crippen molar-refractivity contribution in [2.24, 2.45) is 0 Å². The summed E-state index contributed by atoms with van der Waals surface area (Å²) in [4.78, 5) is 12.0. The first-order valence-corrected chi connectivity index (χ1v) is 12.2. The number of nitrogens with zero attached hydrogens (tertiary/aromatic N) is 1. The normalized spacial score (nSPS) is 11.8. The van der Waals surface area contributed by atoms with Gasteiger partial charge in [-0.15, -0.1) is 0 Å². The van der Waals surface area contributed by atoms with Gasteiger partial charge in [-0.25, -0.2) is 8.42 Å². The molecule has 3 aromatic carbocycles. The van der Waals surface area contributed by atoms with Crippen LogP contribution in [-0.2, 0) is 32.3 Å². The van der Waals surface area contributed by atoms with E-state index in [1.54, 1.807) is 0 Å². The molecule has 35 heavy (non-hydrogen) atoms. The first kappa shape index (κ1) is 26.5. The molecule has 11 heteroatoms. The fraction of sp³-hybridized carbons (Fsp3) is 0.208. The summed E-state index contributed by atoms with van der Waals surface area (Å²) in [7, 11) is -4.26. The Kier molecular flexibility index (Phi) is 8.76. The van der Waals surface area contributed by atoms with Gasteiger partial charge >= 0.3 is 6.18 Å². The number of hydrogen-bond donors (Lipinski definition) is 1. The molecular weight excluding hydrogens is 505 g/mol. The first-order chi connectivity index (χ1) is 16.6. The summed E-state index contributed by atoms with van der Waals surface area (Å²) in [6.45, 7) is -0.509. The summed E-state index contributed by atoms with van der Waals surface area (Å²) in [6, 6.07) is 18.4. The van der Waals surface area contributed by atoms with E-state index in [9.17, 15) is 26.4 Å². The highest BCUT2D eigenvalue weighted by atomic mass is 35.5. The SMILES string of the molecule is O=C(COCc1ccccc1)NCCN(c1cccc(C(F)(F)F)c1)S(=O)(=O)c1ccc(Cl)cc1. The molecule has 0 aliphatic carbocycles. The fourth-order valence-electron chi connectivity index (χ4n) is 3.14. The second kappa shape index (κ2) is 11.6. The Bertz CT molecular complexity index is 1240. The predicted molar refractivity (Wildman–Crippen MR) is 127 cm³/mol. The average molecular weight is 527 g/mol. The van der Waals surface area contributed by atoms with Crippen LogP contribution < -0.4 is 9.62 Å². The third-order valence-corrected chi connectivity index (χ3v) is 6.94. The molecule has 3 rings (SSSR count). The number of anilines is 1. The molecule has 0 atom stereocenters. The lowest BCUT2D eigenvalue weighted by molar-refractivity contribution is -0.137. The molecule has 0 unspecified atom stereocenters. The van der Waals surface area contributed by atoms with Gasteiger partial charge in [0.25, 0.3) is 10.0 Å². The van der Waals surface area contributed by atoms with Crippen molar-refractivity contribution in [2.45, 2.75) is 17.7 Å². The van der Waals surface area contributed by atoms with Crippen LogP contribution in [0.2, 0.25) is 5.02 Å². The molecule has 1 amide bonds. The number of alkyl halides is 3. The van der Waals surface area contributed by atoms with E-state index in [1.807, 2.05) is 30.3 Å². The second-order valence-corrected chi connectivity index (χ2v) is 9.71. The summed E-state index contributed by atoms with van der Waals surface area (Å²) >= 11 is 5.84. The number of amides is 1. The smallest absolute Gasteiger partial charge is 0.367 e. The van der Waals surface area contributed by atoms with Crippen LogP contribution in [0.1, 0.15) is 11.1 Å². The highest BCUT2D eigenvalue weighted by Gasteiger charge is 2.32. The molecule has 0 heterocycles. The number of halogens is 4. The van der Waals surface area contributed by atoms with E-state index in [2.05, 4.69) is 5.32 Å². The molecular formula is C24H22ClF3N2O4S. The van der Waals surface area contributed by atoms with E-state index in [4.69, 9.17) is 16.3 Å². The molecule has 6 nitrogen and oxygen atoms in total. The lowest BCUT2D eigenvalue weighted by Crippen LogP contribution is -2.39. The lowest BCUT2D eigenvalue weighted by atomic mass is 10.2. The maximum Gasteiger partial charge on any atom is 0.416 e. The van der Waals surface area contributed by atoms with E-state index >= 15 is 0 Å². The van der Waals surface area contributed by atoms with Crippen LogP contribution in [0.25, 0.3) is 0 Å². The molecule has 0 spiro atoms. The molecule has 0 aromatic heterocycles. The topological polar surface area (TPSA) is 75.7 Å². The van der Waals surface area contributed by atoms with Crippen molar-refractivity contribution in [2.75, 3.05) is 24.0 Å². The summed E-state index contributed by atoms with van der Waals surface area (Å²) in [5, 5.41) is 2.84. The average Bonchev–Trinajstić information content (AvgIpc) is 2.82. The molecule has 0 radical (unpaired) electrons. The van der Waals surface area contributed by atoms with Crippen molar-refractivity contribution in [3.05, 3.63) is 95.0 Å². The Morgan fingerprint density at radius 2 is 1.66 bits per heavy atom. The highest BCUT2D eigenvalue weighted by Crippen LogP contribution is 2.33. The quantitative estimate of drug-likeness (QED) is 0.408. The van der Waals surface area contributed by atoms with Crippen molar-refractivity contribution < 1.29 is 31.1 Å². The number of carbonyl (C=O) groups is 1. The fourth-order valence-corrected chi connectivity index (χ4v) is 4.73. The standard InChI is InChI=1S/C24H22ClF3N2O4S/c25-20-9-11-22(12-10-20)35(32,33)30(21-8-4-7-19(15-21)24(26,27)28)14-13-29-23(31)17-34-16-18-5-2-1-3-6-18/h1-12,15H,13-14,16-17H2,(H,29,31). The van der Waals surface area contributed by atoms with Gasteiger partial charge in [-0.3, -0.25) is 9.10 Å². The van der Waals surface area contributed by atoms with Crippen LogP contribution >= 0.6 is 11.6 Å². The van der Waals surface area contributed by atoms with E-state index in [0.29, 0.717) is 5.02 Å². The number of ether oxygens (including phenoxy) is 1. The maximum atomic E-state index is 13.3. The van der Waals surface area contributed by atoms with Gasteiger partial charge in [0.1, 0.15) is 6.61 Å². The van der Waals surface area contributed by atoms with Gasteiger partial charge < -0.3 is 10.1 Å². The van der Waals surface area contributed by atoms with Crippen molar-refractivity contribution in [3.8, 4) is 0 Å². The Morgan fingerprint density at radius 3 is 2.31 bits per heavy atom. The van der Waals surface area contributed by atoms with Crippen LogP contribution in [0.5, 0.6) is 0 Å². The van der Waals surface area contributed by atoms with Crippen molar-refractivity contribution in [1.29, 1.82) is 0 Å². The molecule has 1 N–H and O–H groups in total. The van der Waals surface area contributed by atoms with Crippen molar-refractivity contribution in [1.82, 2.24) is 5.32 Å². The van der Waals surface area contributed by atoms with Crippen LogP contribution in [0, 0.1) is 0 Å². The molecule has 0 saturated heterocycles. The van der Waals surface area contributed by atoms with Gasteiger partial charge in [0.15, 0.2) is 0 Å². The zero-order valence-corrected chi connectivity index (χ0v) is 19.9. The Hall–Kier alpha value is -3.08. The molecule has 186 valence electrons. The predicted octanol–water partition coefficient (Wildman–Crippen LogP) is 4.89. The van der Waals surface area contributed by atoms with E-state index < -0.39 is 27.7 Å². The monoisotopic (exact) mass is 526 g/mol. The number of sulfonamides is 1. The molecule has 0 bridgehead atoms. The Morgan fingerprint density at radius 1 is 0.971 bits per heavy atom. The van der Waals surface area contributed by atoms with Gasteiger partial charge in [-0.05, 0) is 48.0 Å². The molecule has 0 aliphatic rings. The van der Waals surface area contributed by atoms with Crippen LogP contribution in [-0.4, -0.2) is 34.0 Å². The minimum atomic E-state index is -4.66. The number of nitrogens with one attached hydrogen (secondary N) is 1. The number of benzene rings is 3. The third-order valence-electron chi connectivity index (χ3n) is 4.84. The number of hydrogen-bond acceptors (Lipinski definition) is 4. The van der Waals surface area contributed by atoms with Crippen LogP contribution in [0.15, 0.2) is 83.8 Å². The van der Waals surface area contributed by atoms with Crippen molar-refractivity contribution in [3.63, 3.8) is 0 Å². The minimum absolute atomic E-state index is 0.156. The number of rotatable bonds is 10. The summed E-state index contributed by atoms with van der Waals surface area (Å²) in [6.07, 6.45) is -4.66. The number of carbonyl (C=O) groups excluding carboxylic acids is 1.